The van der Waals surface area contributed by atoms with E-state index in [0.717, 1.165) is 22.6 Å². The topological polar surface area (TPSA) is 72.9 Å². The Morgan fingerprint density at radius 1 is 1.19 bits per heavy atom. The van der Waals surface area contributed by atoms with Crippen LogP contribution in [0.15, 0.2) is 47.6 Å². The Kier molecular flexibility index (Phi) is 6.86. The average molecular weight is 357 g/mol. The fourth-order valence-corrected chi connectivity index (χ4v) is 2.54. The molecule has 6 nitrogen and oxygen atoms in total. The van der Waals surface area contributed by atoms with Gasteiger partial charge in [-0.25, -0.2) is 0 Å². The molecular formula is C20H23NO5. The van der Waals surface area contributed by atoms with Gasteiger partial charge in [0.05, 0.1) is 12.7 Å². The lowest BCUT2D eigenvalue weighted by Crippen LogP contribution is -2.31. The number of hydrogen-bond donors (Lipinski definition) is 0. The third-order valence-electron chi connectivity index (χ3n) is 4.04. The zero-order chi connectivity index (χ0) is 19.1. The Hall–Kier alpha value is -2.73. The zero-order valence-corrected chi connectivity index (χ0v) is 15.3. The Bertz CT molecular complexity index is 763. The number of allylic oxidation sites excluding steroid dienone is 1. The molecule has 0 bridgehead atoms. The van der Waals surface area contributed by atoms with Crippen molar-refractivity contribution < 1.29 is 24.0 Å². The minimum Gasteiger partial charge on any atom is -0.469 e. The number of imide groups is 1. The van der Waals surface area contributed by atoms with E-state index in [0.29, 0.717) is 24.0 Å². The maximum atomic E-state index is 12.4. The molecule has 2 rings (SSSR count). The minimum absolute atomic E-state index is 0.0849. The smallest absolute Gasteiger partial charge is 0.305 e. The van der Waals surface area contributed by atoms with Gasteiger partial charge in [-0.05, 0) is 30.9 Å². The second-order valence-corrected chi connectivity index (χ2v) is 5.92. The second kappa shape index (κ2) is 9.10. The summed E-state index contributed by atoms with van der Waals surface area (Å²) in [4.78, 5) is 41.3. The molecule has 1 aliphatic rings. The number of esters is 1. The molecule has 0 radical (unpaired) electrons. The van der Waals surface area contributed by atoms with Crippen LogP contribution < -0.4 is 0 Å². The van der Waals surface area contributed by atoms with Gasteiger partial charge in [0.25, 0.3) is 11.8 Å². The van der Waals surface area contributed by atoms with Crippen LogP contribution in [-0.2, 0) is 37.0 Å². The summed E-state index contributed by atoms with van der Waals surface area (Å²) in [5.74, 6) is -1.15. The molecule has 0 atom stereocenters. The number of carbonyl (C=O) groups is 3. The average Bonchev–Trinajstić information content (AvgIpc) is 2.85. The lowest BCUT2D eigenvalue weighted by atomic mass is 10.1. The summed E-state index contributed by atoms with van der Waals surface area (Å²) in [5, 5.41) is 0.811. The van der Waals surface area contributed by atoms with Gasteiger partial charge in [0.1, 0.15) is 6.61 Å². The van der Waals surface area contributed by atoms with Crippen LogP contribution in [0.5, 0.6) is 0 Å². The van der Waals surface area contributed by atoms with Crippen LogP contribution in [0.4, 0.5) is 0 Å². The number of nitrogens with zero attached hydrogens (tertiary/aromatic N) is 1. The number of amides is 2. The lowest BCUT2D eigenvalue weighted by molar-refractivity contribution is -0.190. The van der Waals surface area contributed by atoms with Gasteiger partial charge in [0.2, 0.25) is 0 Å². The molecule has 1 aliphatic heterocycles. The molecule has 26 heavy (non-hydrogen) atoms. The van der Waals surface area contributed by atoms with Crippen molar-refractivity contribution in [3.63, 3.8) is 0 Å². The van der Waals surface area contributed by atoms with E-state index in [2.05, 4.69) is 4.74 Å². The molecule has 0 N–H and O–H groups in total. The molecule has 2 amide bonds. The molecule has 0 aromatic heterocycles. The molecule has 0 saturated carbocycles. The Labute approximate surface area is 153 Å². The first-order chi connectivity index (χ1) is 12.5. The number of benzene rings is 1. The van der Waals surface area contributed by atoms with E-state index in [9.17, 15) is 14.4 Å². The molecule has 0 aliphatic carbocycles. The molecule has 6 heteroatoms. The summed E-state index contributed by atoms with van der Waals surface area (Å²) >= 11 is 0. The number of ether oxygens (including phenoxy) is 1. The fourth-order valence-electron chi connectivity index (χ4n) is 2.54. The molecule has 138 valence electrons. The standard InChI is InChI=1S/C20H23NO5/c1-4-5-9-17-14(2)19(23)21(20(17)24)26-13-16-8-6-7-15(12-16)10-11-18(22)25-3/h5-9,12H,4,10-11,13H2,1-3H3/b9-5-. The first-order valence-corrected chi connectivity index (χ1v) is 8.51. The number of hydrogen-bond acceptors (Lipinski definition) is 5. The van der Waals surface area contributed by atoms with Gasteiger partial charge in [-0.3, -0.25) is 19.2 Å². The van der Waals surface area contributed by atoms with E-state index in [4.69, 9.17) is 4.84 Å². The summed E-state index contributed by atoms with van der Waals surface area (Å²) in [7, 11) is 1.36. The van der Waals surface area contributed by atoms with Crippen molar-refractivity contribution in [3.8, 4) is 0 Å². The third-order valence-corrected chi connectivity index (χ3v) is 4.04. The highest BCUT2D eigenvalue weighted by Gasteiger charge is 2.35. The quantitative estimate of drug-likeness (QED) is 0.528. The maximum Gasteiger partial charge on any atom is 0.305 e. The fraction of sp³-hybridized carbons (Fsp3) is 0.350. The lowest BCUT2D eigenvalue weighted by Gasteiger charge is -2.14. The van der Waals surface area contributed by atoms with E-state index >= 15 is 0 Å². The summed E-state index contributed by atoms with van der Waals surface area (Å²) in [6, 6.07) is 7.47. The number of carbonyl (C=O) groups excluding carboxylic acids is 3. The first-order valence-electron chi connectivity index (χ1n) is 8.51. The van der Waals surface area contributed by atoms with Gasteiger partial charge in [-0.1, -0.05) is 43.3 Å². The van der Waals surface area contributed by atoms with E-state index < -0.39 is 11.8 Å². The molecule has 0 unspecified atom stereocenters. The number of aryl methyl sites for hydroxylation is 1. The van der Waals surface area contributed by atoms with E-state index in [-0.39, 0.29) is 12.6 Å². The van der Waals surface area contributed by atoms with Crippen molar-refractivity contribution >= 4 is 17.8 Å². The summed E-state index contributed by atoms with van der Waals surface area (Å²) in [6.45, 7) is 3.66. The summed E-state index contributed by atoms with van der Waals surface area (Å²) < 4.78 is 4.63. The van der Waals surface area contributed by atoms with Crippen molar-refractivity contribution in [2.24, 2.45) is 0 Å². The number of rotatable bonds is 8. The van der Waals surface area contributed by atoms with Crippen LogP contribution >= 0.6 is 0 Å². The van der Waals surface area contributed by atoms with Crippen molar-refractivity contribution in [2.75, 3.05) is 7.11 Å². The van der Waals surface area contributed by atoms with Gasteiger partial charge in [-0.2, -0.15) is 0 Å². The van der Waals surface area contributed by atoms with Gasteiger partial charge >= 0.3 is 5.97 Å². The van der Waals surface area contributed by atoms with Crippen molar-refractivity contribution in [2.45, 2.75) is 39.7 Å². The summed E-state index contributed by atoms with van der Waals surface area (Å²) in [5.41, 5.74) is 2.51. The van der Waals surface area contributed by atoms with Gasteiger partial charge in [0, 0.05) is 12.0 Å². The van der Waals surface area contributed by atoms with Gasteiger partial charge in [-0.15, -0.1) is 5.06 Å². The minimum atomic E-state index is -0.445. The highest BCUT2D eigenvalue weighted by atomic mass is 16.7. The normalized spacial score (nSPS) is 14.7. The Morgan fingerprint density at radius 3 is 2.62 bits per heavy atom. The number of methoxy groups -OCH3 is 1. The van der Waals surface area contributed by atoms with Crippen LogP contribution in [0.1, 0.15) is 37.8 Å². The molecule has 0 fully saturated rings. The predicted octanol–water partition coefficient (Wildman–Crippen LogP) is 2.88. The van der Waals surface area contributed by atoms with E-state index in [1.807, 2.05) is 37.3 Å². The highest BCUT2D eigenvalue weighted by Crippen LogP contribution is 2.23. The second-order valence-electron chi connectivity index (χ2n) is 5.92. The van der Waals surface area contributed by atoms with Crippen molar-refractivity contribution in [1.82, 2.24) is 5.06 Å². The Balaban J connectivity index is 1.99. The van der Waals surface area contributed by atoms with Crippen LogP contribution in [0, 0.1) is 0 Å². The predicted molar refractivity (Wildman–Crippen MR) is 95.6 cm³/mol. The monoisotopic (exact) mass is 357 g/mol. The highest BCUT2D eigenvalue weighted by molar-refractivity contribution is 6.19. The summed E-state index contributed by atoms with van der Waals surface area (Å²) in [6.07, 6.45) is 5.11. The molecule has 1 aromatic rings. The zero-order valence-electron chi connectivity index (χ0n) is 15.3. The molecular weight excluding hydrogens is 334 g/mol. The SMILES string of the molecule is CC/C=C\C1=C(C)C(=O)N(OCc2cccc(CCC(=O)OC)c2)C1=O. The number of hydroxylamine groups is 2. The van der Waals surface area contributed by atoms with Crippen LogP contribution in [0.25, 0.3) is 0 Å². The van der Waals surface area contributed by atoms with Gasteiger partial charge < -0.3 is 4.74 Å². The van der Waals surface area contributed by atoms with Gasteiger partial charge in [0.15, 0.2) is 0 Å². The molecule has 0 spiro atoms. The van der Waals surface area contributed by atoms with Crippen molar-refractivity contribution in [1.29, 1.82) is 0 Å². The first kappa shape index (κ1) is 19.6. The molecule has 0 saturated heterocycles. The molecule has 1 heterocycles. The van der Waals surface area contributed by atoms with Crippen LogP contribution in [-0.4, -0.2) is 30.0 Å². The largest absolute Gasteiger partial charge is 0.469 e. The van der Waals surface area contributed by atoms with Crippen molar-refractivity contribution in [3.05, 3.63) is 58.7 Å². The van der Waals surface area contributed by atoms with Crippen LogP contribution in [0.3, 0.4) is 0 Å². The van der Waals surface area contributed by atoms with E-state index in [1.165, 1.54) is 7.11 Å². The molecule has 1 aromatic carbocycles. The third kappa shape index (κ3) is 4.67. The maximum absolute atomic E-state index is 12.4. The van der Waals surface area contributed by atoms with E-state index in [1.54, 1.807) is 13.0 Å². The van der Waals surface area contributed by atoms with Crippen LogP contribution in [0.2, 0.25) is 0 Å². The Morgan fingerprint density at radius 2 is 1.92 bits per heavy atom.